The van der Waals surface area contributed by atoms with Crippen LogP contribution in [0.2, 0.25) is 0 Å². The van der Waals surface area contributed by atoms with Gasteiger partial charge in [0.15, 0.2) is 5.82 Å². The van der Waals surface area contributed by atoms with E-state index in [1.54, 1.807) is 30.3 Å². The molecule has 1 aliphatic carbocycles. The summed E-state index contributed by atoms with van der Waals surface area (Å²) in [6.45, 7) is 2.31. The number of carbonyl (C=O) groups is 1. The van der Waals surface area contributed by atoms with Crippen molar-refractivity contribution in [2.75, 3.05) is 36.5 Å². The van der Waals surface area contributed by atoms with Gasteiger partial charge in [0.1, 0.15) is 11.6 Å². The molecule has 0 unspecified atom stereocenters. The van der Waals surface area contributed by atoms with Crippen molar-refractivity contribution in [3.8, 4) is 5.82 Å². The zero-order chi connectivity index (χ0) is 23.7. The molecule has 0 radical (unpaired) electrons. The smallest absolute Gasteiger partial charge is 0.296 e. The van der Waals surface area contributed by atoms with Gasteiger partial charge in [-0.25, -0.2) is 13.8 Å². The Morgan fingerprint density at radius 1 is 1.09 bits per heavy atom. The summed E-state index contributed by atoms with van der Waals surface area (Å²) in [5, 5.41) is 3.44. The van der Waals surface area contributed by atoms with Crippen LogP contribution in [0.5, 0.6) is 0 Å². The second-order valence-electron chi connectivity index (χ2n) is 8.70. The van der Waals surface area contributed by atoms with Crippen LogP contribution in [0.25, 0.3) is 16.9 Å². The van der Waals surface area contributed by atoms with Crippen molar-refractivity contribution in [3.63, 3.8) is 0 Å². The lowest BCUT2D eigenvalue weighted by atomic mass is 9.85. The summed E-state index contributed by atoms with van der Waals surface area (Å²) in [5.41, 5.74) is 6.49. The van der Waals surface area contributed by atoms with Crippen molar-refractivity contribution in [2.45, 2.75) is 38.2 Å². The Labute approximate surface area is 195 Å². The Morgan fingerprint density at radius 2 is 1.82 bits per heavy atom. The van der Waals surface area contributed by atoms with E-state index in [1.165, 1.54) is 4.57 Å². The van der Waals surface area contributed by atoms with Gasteiger partial charge in [-0.05, 0) is 37.8 Å². The molecule has 11 heteroatoms. The van der Waals surface area contributed by atoms with Gasteiger partial charge in [-0.2, -0.15) is 9.97 Å². The number of rotatable bonds is 6. The molecule has 3 aromatic rings. The third-order valence-electron chi connectivity index (χ3n) is 6.49. The van der Waals surface area contributed by atoms with E-state index in [-0.39, 0.29) is 23.7 Å². The van der Waals surface area contributed by atoms with Crippen LogP contribution < -0.4 is 16.0 Å². The maximum absolute atomic E-state index is 14.0. The van der Waals surface area contributed by atoms with Crippen LogP contribution in [0.3, 0.4) is 0 Å². The Bertz CT molecular complexity index is 1170. The summed E-state index contributed by atoms with van der Waals surface area (Å²) >= 11 is 0. The molecule has 2 aliphatic rings. The zero-order valence-corrected chi connectivity index (χ0v) is 18.7. The van der Waals surface area contributed by atoms with Gasteiger partial charge >= 0.3 is 0 Å². The van der Waals surface area contributed by atoms with Crippen LogP contribution in [0.15, 0.2) is 30.3 Å². The monoisotopic (exact) mass is 471 g/mol. The van der Waals surface area contributed by atoms with E-state index in [0.717, 1.165) is 12.8 Å². The molecule has 0 atom stereocenters. The minimum absolute atomic E-state index is 0.102. The van der Waals surface area contributed by atoms with Crippen molar-refractivity contribution < 1.29 is 18.3 Å². The fourth-order valence-corrected chi connectivity index (χ4v) is 4.68. The van der Waals surface area contributed by atoms with Gasteiger partial charge in [-0.15, -0.1) is 0 Å². The number of nitrogens with one attached hydrogen (secondary N) is 1. The minimum atomic E-state index is -2.77. The molecule has 5 rings (SSSR count). The highest BCUT2D eigenvalue weighted by Crippen LogP contribution is 2.30. The lowest BCUT2D eigenvalue weighted by Crippen LogP contribution is -2.38. The van der Waals surface area contributed by atoms with E-state index < -0.39 is 6.43 Å². The van der Waals surface area contributed by atoms with Crippen molar-refractivity contribution in [1.82, 2.24) is 19.5 Å². The normalized spacial score (nSPS) is 21.2. The Balaban J connectivity index is 1.53. The number of para-hydroxylation sites is 2. The van der Waals surface area contributed by atoms with Crippen molar-refractivity contribution in [2.24, 2.45) is 11.7 Å². The van der Waals surface area contributed by atoms with Gasteiger partial charge < -0.3 is 20.7 Å². The van der Waals surface area contributed by atoms with Gasteiger partial charge in [-0.1, -0.05) is 12.1 Å². The van der Waals surface area contributed by atoms with E-state index in [9.17, 15) is 13.6 Å². The van der Waals surface area contributed by atoms with Crippen LogP contribution in [-0.4, -0.2) is 57.8 Å². The van der Waals surface area contributed by atoms with E-state index in [1.807, 2.05) is 4.90 Å². The number of anilines is 2. The number of halogens is 2. The number of alkyl halides is 2. The largest absolute Gasteiger partial charge is 0.378 e. The number of hydrogen-bond donors (Lipinski definition) is 2. The number of hydrogen-bond acceptors (Lipinski definition) is 7. The fourth-order valence-electron chi connectivity index (χ4n) is 4.68. The van der Waals surface area contributed by atoms with Crippen molar-refractivity contribution in [1.29, 1.82) is 0 Å². The fraction of sp³-hybridized carbons (Fsp3) is 0.478. The highest BCUT2D eigenvalue weighted by Gasteiger charge is 2.27. The quantitative estimate of drug-likeness (QED) is 0.568. The van der Waals surface area contributed by atoms with E-state index >= 15 is 0 Å². The lowest BCUT2D eigenvalue weighted by Gasteiger charge is -2.30. The Morgan fingerprint density at radius 3 is 2.53 bits per heavy atom. The molecule has 1 aromatic carbocycles. The first-order valence-corrected chi connectivity index (χ1v) is 11.5. The highest BCUT2D eigenvalue weighted by atomic mass is 19.3. The lowest BCUT2D eigenvalue weighted by molar-refractivity contribution is -0.122. The van der Waals surface area contributed by atoms with E-state index in [2.05, 4.69) is 15.3 Å². The molecule has 3 heterocycles. The molecule has 1 saturated carbocycles. The third kappa shape index (κ3) is 4.52. The summed E-state index contributed by atoms with van der Waals surface area (Å²) in [4.78, 5) is 27.0. The molecule has 1 amide bonds. The maximum Gasteiger partial charge on any atom is 0.296 e. The first-order chi connectivity index (χ1) is 16.5. The van der Waals surface area contributed by atoms with Crippen LogP contribution in [-0.2, 0) is 9.53 Å². The molecule has 2 aromatic heterocycles. The molecule has 1 aliphatic heterocycles. The number of nitrogens with two attached hydrogens (primary N) is 1. The van der Waals surface area contributed by atoms with Gasteiger partial charge in [0.25, 0.3) is 6.43 Å². The molecule has 0 spiro atoms. The minimum Gasteiger partial charge on any atom is -0.378 e. The zero-order valence-electron chi connectivity index (χ0n) is 18.7. The van der Waals surface area contributed by atoms with Gasteiger partial charge in [0, 0.05) is 31.1 Å². The summed E-state index contributed by atoms with van der Waals surface area (Å²) in [5.74, 6) is 0.603. The average molecular weight is 472 g/mol. The molecular formula is C23H27F2N7O2. The SMILES string of the molecule is NC(=O)C1CCC(Nc2cc(-n3c(C(F)F)nc4ccccc43)nc(N3CCOCC3)n2)CC1. The molecule has 3 N–H and O–H groups in total. The Kier molecular flexibility index (Phi) is 6.27. The number of ether oxygens (including phenoxy) is 1. The van der Waals surface area contributed by atoms with Crippen molar-refractivity contribution >= 4 is 28.7 Å². The number of imidazole rings is 1. The summed E-state index contributed by atoms with van der Waals surface area (Å²) in [7, 11) is 0. The third-order valence-corrected chi connectivity index (χ3v) is 6.49. The predicted octanol–water partition coefficient (Wildman–Crippen LogP) is 3.05. The van der Waals surface area contributed by atoms with Gasteiger partial charge in [0.2, 0.25) is 11.9 Å². The predicted molar refractivity (Wildman–Crippen MR) is 123 cm³/mol. The van der Waals surface area contributed by atoms with E-state index in [0.29, 0.717) is 67.8 Å². The number of amides is 1. The van der Waals surface area contributed by atoms with Crippen LogP contribution in [0.4, 0.5) is 20.5 Å². The van der Waals surface area contributed by atoms with Crippen molar-refractivity contribution in [3.05, 3.63) is 36.2 Å². The summed E-state index contributed by atoms with van der Waals surface area (Å²) in [6, 6.07) is 8.80. The average Bonchev–Trinajstić information content (AvgIpc) is 3.25. The topological polar surface area (TPSA) is 111 Å². The first kappa shape index (κ1) is 22.5. The molecule has 9 nitrogen and oxygen atoms in total. The number of primary amides is 1. The van der Waals surface area contributed by atoms with Gasteiger partial charge in [0.05, 0.1) is 24.2 Å². The summed E-state index contributed by atoms with van der Waals surface area (Å²) in [6.07, 6.45) is 0.202. The molecule has 34 heavy (non-hydrogen) atoms. The molecule has 1 saturated heterocycles. The number of nitrogens with zero attached hydrogens (tertiary/aromatic N) is 5. The number of benzene rings is 1. The first-order valence-electron chi connectivity index (χ1n) is 11.5. The van der Waals surface area contributed by atoms with Crippen LogP contribution in [0, 0.1) is 5.92 Å². The highest BCUT2D eigenvalue weighted by molar-refractivity contribution is 5.78. The Hall–Kier alpha value is -3.34. The number of morpholine rings is 1. The summed E-state index contributed by atoms with van der Waals surface area (Å²) < 4.78 is 34.8. The number of aromatic nitrogens is 4. The second kappa shape index (κ2) is 9.49. The molecule has 0 bridgehead atoms. The maximum atomic E-state index is 14.0. The van der Waals surface area contributed by atoms with E-state index in [4.69, 9.17) is 15.5 Å². The number of fused-ring (bicyclic) bond motifs is 1. The van der Waals surface area contributed by atoms with Gasteiger partial charge in [-0.3, -0.25) is 9.36 Å². The van der Waals surface area contributed by atoms with Crippen LogP contribution in [0.1, 0.15) is 37.9 Å². The molecule has 180 valence electrons. The standard InChI is InChI=1S/C23H27F2N7O2/c24-20(25)22-28-16-3-1-2-4-17(16)32(22)19-13-18(27-15-7-5-14(6-8-15)21(26)33)29-23(30-19)31-9-11-34-12-10-31/h1-4,13-15,20H,5-12H2,(H2,26,33)(H,27,29,30). The number of carbonyl (C=O) groups excluding carboxylic acids is 1. The van der Waals surface area contributed by atoms with Crippen LogP contribution >= 0.6 is 0 Å². The second-order valence-corrected chi connectivity index (χ2v) is 8.70. The molecule has 2 fully saturated rings. The molecular weight excluding hydrogens is 444 g/mol.